The van der Waals surface area contributed by atoms with Gasteiger partial charge in [0.15, 0.2) is 0 Å². The van der Waals surface area contributed by atoms with E-state index in [9.17, 15) is 5.11 Å². The molecule has 1 aromatic heterocycles. The third kappa shape index (κ3) is 3.23. The second kappa shape index (κ2) is 4.98. The molecule has 2 rings (SSSR count). The molecule has 0 radical (unpaired) electrons. The molecule has 1 atom stereocenters. The van der Waals surface area contributed by atoms with Crippen LogP contribution in [-0.4, -0.2) is 27.7 Å². The van der Waals surface area contributed by atoms with Gasteiger partial charge in [0.25, 0.3) is 0 Å². The fraction of sp³-hybridized carbons (Fsp3) is 0.500. The van der Waals surface area contributed by atoms with Crippen molar-refractivity contribution in [2.75, 3.05) is 11.9 Å². The number of aliphatic hydroxyl groups excluding tert-OH is 1. The zero-order valence-electron chi connectivity index (χ0n) is 11.2. The van der Waals surface area contributed by atoms with Crippen LogP contribution in [0.1, 0.15) is 27.2 Å². The molecule has 0 saturated heterocycles. The maximum Gasteiger partial charge on any atom is 0.201 e. The van der Waals surface area contributed by atoms with Crippen molar-refractivity contribution in [3.8, 4) is 0 Å². The van der Waals surface area contributed by atoms with E-state index in [0.717, 1.165) is 29.9 Å². The van der Waals surface area contributed by atoms with Gasteiger partial charge in [0.05, 0.1) is 17.1 Å². The van der Waals surface area contributed by atoms with Gasteiger partial charge in [0.2, 0.25) is 5.95 Å². The van der Waals surface area contributed by atoms with Crippen LogP contribution in [0.15, 0.2) is 24.3 Å². The van der Waals surface area contributed by atoms with E-state index in [1.807, 2.05) is 31.2 Å². The van der Waals surface area contributed by atoms with Gasteiger partial charge in [-0.2, -0.15) is 0 Å². The zero-order chi connectivity index (χ0) is 13.2. The molecule has 0 fully saturated rings. The number of H-pyrrole nitrogens is 1. The van der Waals surface area contributed by atoms with Crippen LogP contribution in [0.5, 0.6) is 0 Å². The number of hydrogen-bond acceptors (Lipinski definition) is 3. The minimum absolute atomic E-state index is 0.0349. The number of benzene rings is 1. The molecule has 0 spiro atoms. The average Bonchev–Trinajstić information content (AvgIpc) is 2.67. The zero-order valence-corrected chi connectivity index (χ0v) is 11.2. The number of rotatable bonds is 5. The Morgan fingerprint density at radius 1 is 1.39 bits per heavy atom. The Hall–Kier alpha value is -1.55. The van der Waals surface area contributed by atoms with Crippen LogP contribution < -0.4 is 5.32 Å². The molecule has 3 N–H and O–H groups in total. The smallest absolute Gasteiger partial charge is 0.201 e. The molecular formula is C14H21N3O. The molecule has 4 heteroatoms. The topological polar surface area (TPSA) is 60.9 Å². The Labute approximate surface area is 107 Å². The SMILES string of the molecule is CC(O)CC(C)(C)CNc1nc2ccccc2[nH]1. The fourth-order valence-electron chi connectivity index (χ4n) is 2.23. The summed E-state index contributed by atoms with van der Waals surface area (Å²) >= 11 is 0. The molecule has 0 aliphatic carbocycles. The first kappa shape index (κ1) is 12.9. The lowest BCUT2D eigenvalue weighted by atomic mass is 9.87. The van der Waals surface area contributed by atoms with Crippen molar-refractivity contribution in [3.63, 3.8) is 0 Å². The molecule has 0 amide bonds. The standard InChI is InChI=1S/C14H21N3O/c1-10(18)8-14(2,3)9-15-13-16-11-6-4-5-7-12(11)17-13/h4-7,10,18H,8-9H2,1-3H3,(H2,15,16,17). The summed E-state index contributed by atoms with van der Waals surface area (Å²) in [4.78, 5) is 7.70. The number of aliphatic hydroxyl groups is 1. The summed E-state index contributed by atoms with van der Waals surface area (Å²) in [6.07, 6.45) is 0.484. The number of aromatic nitrogens is 2. The Morgan fingerprint density at radius 3 is 2.78 bits per heavy atom. The minimum Gasteiger partial charge on any atom is -0.393 e. The highest BCUT2D eigenvalue weighted by Crippen LogP contribution is 2.23. The van der Waals surface area contributed by atoms with Gasteiger partial charge in [-0.25, -0.2) is 4.98 Å². The quantitative estimate of drug-likeness (QED) is 0.761. The number of hydrogen-bond donors (Lipinski definition) is 3. The average molecular weight is 247 g/mol. The van der Waals surface area contributed by atoms with Crippen molar-refractivity contribution >= 4 is 17.0 Å². The van der Waals surface area contributed by atoms with E-state index in [1.54, 1.807) is 0 Å². The number of aromatic amines is 1. The predicted molar refractivity (Wildman–Crippen MR) is 74.7 cm³/mol. The molecule has 98 valence electrons. The molecule has 1 heterocycles. The van der Waals surface area contributed by atoms with Gasteiger partial charge >= 0.3 is 0 Å². The van der Waals surface area contributed by atoms with Crippen LogP contribution in [0, 0.1) is 5.41 Å². The highest BCUT2D eigenvalue weighted by atomic mass is 16.3. The van der Waals surface area contributed by atoms with Crippen molar-refractivity contribution < 1.29 is 5.11 Å². The third-order valence-electron chi connectivity index (χ3n) is 2.97. The maximum absolute atomic E-state index is 9.45. The summed E-state index contributed by atoms with van der Waals surface area (Å²) < 4.78 is 0. The molecule has 18 heavy (non-hydrogen) atoms. The molecular weight excluding hydrogens is 226 g/mol. The number of para-hydroxylation sites is 2. The molecule has 1 aromatic carbocycles. The van der Waals surface area contributed by atoms with Crippen molar-refractivity contribution in [2.24, 2.45) is 5.41 Å². The second-order valence-corrected chi connectivity index (χ2v) is 5.67. The van der Waals surface area contributed by atoms with Crippen LogP contribution in [0.25, 0.3) is 11.0 Å². The Bertz CT molecular complexity index is 483. The summed E-state index contributed by atoms with van der Waals surface area (Å²) in [5.74, 6) is 0.787. The second-order valence-electron chi connectivity index (χ2n) is 5.67. The van der Waals surface area contributed by atoms with E-state index < -0.39 is 0 Å². The van der Waals surface area contributed by atoms with E-state index in [4.69, 9.17) is 0 Å². The Balaban J connectivity index is 2.01. The van der Waals surface area contributed by atoms with Crippen molar-refractivity contribution in [1.29, 1.82) is 0 Å². The number of nitrogens with one attached hydrogen (secondary N) is 2. The van der Waals surface area contributed by atoms with E-state index in [1.165, 1.54) is 0 Å². The summed E-state index contributed by atoms with van der Waals surface area (Å²) in [5.41, 5.74) is 2.04. The molecule has 1 unspecified atom stereocenters. The number of fused-ring (bicyclic) bond motifs is 1. The van der Waals surface area contributed by atoms with E-state index >= 15 is 0 Å². The van der Waals surface area contributed by atoms with Crippen molar-refractivity contribution in [2.45, 2.75) is 33.3 Å². The van der Waals surface area contributed by atoms with Crippen LogP contribution in [0.3, 0.4) is 0 Å². The van der Waals surface area contributed by atoms with Crippen LogP contribution in [-0.2, 0) is 0 Å². The van der Waals surface area contributed by atoms with E-state index in [0.29, 0.717) is 0 Å². The lowest BCUT2D eigenvalue weighted by molar-refractivity contribution is 0.135. The molecule has 0 bridgehead atoms. The first-order valence-electron chi connectivity index (χ1n) is 6.33. The molecule has 0 saturated carbocycles. The first-order chi connectivity index (χ1) is 8.46. The summed E-state index contributed by atoms with van der Waals surface area (Å²) in [7, 11) is 0. The molecule has 0 aliphatic heterocycles. The molecule has 2 aromatic rings. The first-order valence-corrected chi connectivity index (χ1v) is 6.33. The van der Waals surface area contributed by atoms with Gasteiger partial charge in [0.1, 0.15) is 0 Å². The largest absolute Gasteiger partial charge is 0.393 e. The maximum atomic E-state index is 9.45. The highest BCUT2D eigenvalue weighted by molar-refractivity contribution is 5.77. The van der Waals surface area contributed by atoms with Gasteiger partial charge in [0, 0.05) is 6.54 Å². The number of nitrogens with zero attached hydrogens (tertiary/aromatic N) is 1. The van der Waals surface area contributed by atoms with Gasteiger partial charge in [-0.3, -0.25) is 0 Å². The summed E-state index contributed by atoms with van der Waals surface area (Å²) in [5, 5.41) is 12.8. The van der Waals surface area contributed by atoms with Gasteiger partial charge < -0.3 is 15.4 Å². The Kier molecular flexibility index (Phi) is 3.57. The van der Waals surface area contributed by atoms with Gasteiger partial charge in [-0.15, -0.1) is 0 Å². The Morgan fingerprint density at radius 2 is 2.11 bits per heavy atom. The van der Waals surface area contributed by atoms with Crippen LogP contribution in [0.2, 0.25) is 0 Å². The van der Waals surface area contributed by atoms with Crippen molar-refractivity contribution in [3.05, 3.63) is 24.3 Å². The van der Waals surface area contributed by atoms with E-state index in [-0.39, 0.29) is 11.5 Å². The molecule has 4 nitrogen and oxygen atoms in total. The minimum atomic E-state index is -0.280. The third-order valence-corrected chi connectivity index (χ3v) is 2.97. The number of anilines is 1. The molecule has 0 aliphatic rings. The summed E-state index contributed by atoms with van der Waals surface area (Å²) in [6, 6.07) is 7.96. The lowest BCUT2D eigenvalue weighted by Crippen LogP contribution is -2.27. The highest BCUT2D eigenvalue weighted by Gasteiger charge is 2.20. The van der Waals surface area contributed by atoms with Crippen molar-refractivity contribution in [1.82, 2.24) is 9.97 Å². The number of imidazole rings is 1. The van der Waals surface area contributed by atoms with Gasteiger partial charge in [-0.05, 0) is 30.9 Å². The van der Waals surface area contributed by atoms with Crippen LogP contribution >= 0.6 is 0 Å². The monoisotopic (exact) mass is 247 g/mol. The lowest BCUT2D eigenvalue weighted by Gasteiger charge is -2.26. The van der Waals surface area contributed by atoms with Gasteiger partial charge in [-0.1, -0.05) is 26.0 Å². The normalized spacial score (nSPS) is 13.8. The van der Waals surface area contributed by atoms with Crippen LogP contribution in [0.4, 0.5) is 5.95 Å². The fourth-order valence-corrected chi connectivity index (χ4v) is 2.23. The summed E-state index contributed by atoms with van der Waals surface area (Å²) in [6.45, 7) is 6.87. The van der Waals surface area contributed by atoms with E-state index in [2.05, 4.69) is 29.1 Å². The predicted octanol–water partition coefficient (Wildman–Crippen LogP) is 2.77.